The first kappa shape index (κ1) is 16.8. The predicted molar refractivity (Wildman–Crippen MR) is 95.0 cm³/mol. The summed E-state index contributed by atoms with van der Waals surface area (Å²) in [5.41, 5.74) is 2.90. The number of hydrogen-bond donors (Lipinski definition) is 0. The Hall–Kier alpha value is -1.57. The lowest BCUT2D eigenvalue weighted by Crippen LogP contribution is -2.10. The van der Waals surface area contributed by atoms with Gasteiger partial charge in [-0.2, -0.15) is 0 Å². The quantitative estimate of drug-likeness (QED) is 0.484. The van der Waals surface area contributed by atoms with Gasteiger partial charge < -0.3 is 0 Å². The van der Waals surface area contributed by atoms with E-state index in [-0.39, 0.29) is 11.2 Å². The van der Waals surface area contributed by atoms with Crippen LogP contribution in [-0.2, 0) is 5.41 Å². The van der Waals surface area contributed by atoms with E-state index in [9.17, 15) is 4.79 Å². The Kier molecular flexibility index (Phi) is 5.10. The van der Waals surface area contributed by atoms with Crippen LogP contribution in [0.3, 0.4) is 0 Å². The number of halogens is 2. The first-order valence-electron chi connectivity index (χ1n) is 7.05. The number of carbonyl (C=O) groups excluding carboxylic acids is 1. The third-order valence-corrected chi connectivity index (χ3v) is 4.15. The van der Waals surface area contributed by atoms with E-state index in [1.54, 1.807) is 30.4 Å². The molecule has 0 unspecified atom stereocenters. The fourth-order valence-corrected chi connectivity index (χ4v) is 2.31. The largest absolute Gasteiger partial charge is 0.289 e. The summed E-state index contributed by atoms with van der Waals surface area (Å²) in [6, 6.07) is 13.1. The standard InChI is InChI=1S/C19H18Cl2O/c1-19(2,3)15-8-4-13(5-9-15)6-11-18(22)14-7-10-16(20)17(21)12-14/h4-12H,1-3H3/b11-6+. The molecule has 0 aromatic heterocycles. The molecule has 0 heterocycles. The van der Waals surface area contributed by atoms with Gasteiger partial charge in [-0.25, -0.2) is 0 Å². The summed E-state index contributed by atoms with van der Waals surface area (Å²) >= 11 is 11.8. The normalized spacial score (nSPS) is 11.9. The zero-order chi connectivity index (χ0) is 16.3. The Morgan fingerprint density at radius 3 is 2.14 bits per heavy atom. The van der Waals surface area contributed by atoms with Gasteiger partial charge in [-0.15, -0.1) is 0 Å². The molecule has 0 N–H and O–H groups in total. The summed E-state index contributed by atoms with van der Waals surface area (Å²) in [4.78, 5) is 12.1. The van der Waals surface area contributed by atoms with E-state index >= 15 is 0 Å². The topological polar surface area (TPSA) is 17.1 Å². The highest BCUT2D eigenvalue weighted by Crippen LogP contribution is 2.24. The maximum atomic E-state index is 12.1. The molecule has 2 aromatic carbocycles. The number of benzene rings is 2. The highest BCUT2D eigenvalue weighted by molar-refractivity contribution is 6.42. The van der Waals surface area contributed by atoms with Gasteiger partial charge in [-0.1, -0.05) is 74.3 Å². The van der Waals surface area contributed by atoms with Crippen molar-refractivity contribution in [3.63, 3.8) is 0 Å². The van der Waals surface area contributed by atoms with E-state index < -0.39 is 0 Å². The zero-order valence-electron chi connectivity index (χ0n) is 12.9. The SMILES string of the molecule is CC(C)(C)c1ccc(/C=C/C(=O)c2ccc(Cl)c(Cl)c2)cc1. The Labute approximate surface area is 141 Å². The second-order valence-corrected chi connectivity index (χ2v) is 7.01. The van der Waals surface area contributed by atoms with Crippen molar-refractivity contribution in [2.45, 2.75) is 26.2 Å². The van der Waals surface area contributed by atoms with E-state index in [2.05, 4.69) is 32.9 Å². The van der Waals surface area contributed by atoms with Gasteiger partial charge in [0.1, 0.15) is 0 Å². The van der Waals surface area contributed by atoms with E-state index in [4.69, 9.17) is 23.2 Å². The highest BCUT2D eigenvalue weighted by Gasteiger charge is 2.12. The Balaban J connectivity index is 2.14. The molecule has 0 aliphatic rings. The molecule has 2 aromatic rings. The lowest BCUT2D eigenvalue weighted by atomic mass is 9.87. The van der Waals surface area contributed by atoms with Gasteiger partial charge in [0.15, 0.2) is 5.78 Å². The molecule has 3 heteroatoms. The van der Waals surface area contributed by atoms with Crippen molar-refractivity contribution in [1.29, 1.82) is 0 Å². The van der Waals surface area contributed by atoms with Crippen molar-refractivity contribution in [1.82, 2.24) is 0 Å². The summed E-state index contributed by atoms with van der Waals surface area (Å²) in [6.07, 6.45) is 3.35. The van der Waals surface area contributed by atoms with Gasteiger partial charge in [0.25, 0.3) is 0 Å². The molecule has 0 saturated heterocycles. The van der Waals surface area contributed by atoms with Crippen LogP contribution in [-0.4, -0.2) is 5.78 Å². The van der Waals surface area contributed by atoms with Crippen LogP contribution in [0.4, 0.5) is 0 Å². The van der Waals surface area contributed by atoms with Crippen LogP contribution in [0.5, 0.6) is 0 Å². The summed E-state index contributed by atoms with van der Waals surface area (Å²) in [5.74, 6) is -0.0986. The fourth-order valence-electron chi connectivity index (χ4n) is 2.01. The molecule has 2 rings (SSSR count). The summed E-state index contributed by atoms with van der Waals surface area (Å²) in [5, 5.41) is 0.829. The van der Waals surface area contributed by atoms with Crippen LogP contribution in [0, 0.1) is 0 Å². The molecule has 0 radical (unpaired) electrons. The average molecular weight is 333 g/mol. The average Bonchev–Trinajstić information content (AvgIpc) is 2.47. The molecule has 0 fully saturated rings. The summed E-state index contributed by atoms with van der Waals surface area (Å²) in [7, 11) is 0. The fraction of sp³-hybridized carbons (Fsp3) is 0.211. The van der Waals surface area contributed by atoms with Crippen molar-refractivity contribution in [3.05, 3.63) is 75.3 Å². The van der Waals surface area contributed by atoms with Crippen LogP contribution in [0.25, 0.3) is 6.08 Å². The molecule has 1 nitrogen and oxygen atoms in total. The molecule has 0 bridgehead atoms. The van der Waals surface area contributed by atoms with Crippen LogP contribution in [0.1, 0.15) is 42.3 Å². The number of hydrogen-bond acceptors (Lipinski definition) is 1. The van der Waals surface area contributed by atoms with Crippen LogP contribution < -0.4 is 0 Å². The third kappa shape index (κ3) is 4.22. The molecule has 0 amide bonds. The van der Waals surface area contributed by atoms with Gasteiger partial charge in [0.2, 0.25) is 0 Å². The maximum Gasteiger partial charge on any atom is 0.185 e. The molecule has 0 saturated carbocycles. The molecule has 0 atom stereocenters. The zero-order valence-corrected chi connectivity index (χ0v) is 14.4. The number of rotatable bonds is 3. The monoisotopic (exact) mass is 332 g/mol. The Morgan fingerprint density at radius 2 is 1.59 bits per heavy atom. The number of ketones is 1. The van der Waals surface area contributed by atoms with E-state index in [1.165, 1.54) is 5.56 Å². The van der Waals surface area contributed by atoms with Gasteiger partial charge in [-0.3, -0.25) is 4.79 Å². The number of allylic oxidation sites excluding steroid dienone is 1. The molecular weight excluding hydrogens is 315 g/mol. The summed E-state index contributed by atoms with van der Waals surface area (Å²) in [6.45, 7) is 6.52. The maximum absolute atomic E-state index is 12.1. The van der Waals surface area contributed by atoms with Gasteiger partial charge in [0, 0.05) is 5.56 Å². The smallest absolute Gasteiger partial charge is 0.185 e. The van der Waals surface area contributed by atoms with Crippen molar-refractivity contribution >= 4 is 35.1 Å². The Bertz CT molecular complexity index is 707. The van der Waals surface area contributed by atoms with E-state index in [1.807, 2.05) is 12.1 Å². The summed E-state index contributed by atoms with van der Waals surface area (Å²) < 4.78 is 0. The first-order chi connectivity index (χ1) is 10.3. The van der Waals surface area contributed by atoms with Crippen LogP contribution in [0.15, 0.2) is 48.5 Å². The predicted octanol–water partition coefficient (Wildman–Crippen LogP) is 6.19. The van der Waals surface area contributed by atoms with Crippen molar-refractivity contribution in [2.75, 3.05) is 0 Å². The van der Waals surface area contributed by atoms with Crippen molar-refractivity contribution < 1.29 is 4.79 Å². The van der Waals surface area contributed by atoms with E-state index in [0.29, 0.717) is 15.6 Å². The minimum atomic E-state index is -0.0986. The third-order valence-electron chi connectivity index (χ3n) is 3.41. The number of carbonyl (C=O) groups is 1. The van der Waals surface area contributed by atoms with Gasteiger partial charge >= 0.3 is 0 Å². The lowest BCUT2D eigenvalue weighted by molar-refractivity contribution is 0.104. The van der Waals surface area contributed by atoms with Crippen LogP contribution in [0.2, 0.25) is 10.0 Å². The Morgan fingerprint density at radius 1 is 0.955 bits per heavy atom. The second kappa shape index (κ2) is 6.68. The molecule has 22 heavy (non-hydrogen) atoms. The molecule has 0 aliphatic carbocycles. The van der Waals surface area contributed by atoms with Crippen molar-refractivity contribution in [2.24, 2.45) is 0 Å². The molecular formula is C19H18Cl2O. The van der Waals surface area contributed by atoms with Gasteiger partial charge in [0.05, 0.1) is 10.0 Å². The van der Waals surface area contributed by atoms with Crippen molar-refractivity contribution in [3.8, 4) is 0 Å². The minimum Gasteiger partial charge on any atom is -0.289 e. The first-order valence-corrected chi connectivity index (χ1v) is 7.81. The lowest BCUT2D eigenvalue weighted by Gasteiger charge is -2.18. The highest BCUT2D eigenvalue weighted by atomic mass is 35.5. The van der Waals surface area contributed by atoms with Crippen LogP contribution >= 0.6 is 23.2 Å². The molecule has 114 valence electrons. The molecule has 0 spiro atoms. The van der Waals surface area contributed by atoms with Gasteiger partial charge in [-0.05, 0) is 40.8 Å². The second-order valence-electron chi connectivity index (χ2n) is 6.20. The minimum absolute atomic E-state index is 0.0986. The molecule has 0 aliphatic heterocycles. The van der Waals surface area contributed by atoms with E-state index in [0.717, 1.165) is 5.56 Å².